The second kappa shape index (κ2) is 14.5. The molecule has 3 atom stereocenters. The molecule has 178 valence electrons. The van der Waals surface area contributed by atoms with Gasteiger partial charge in [0, 0.05) is 12.8 Å². The normalized spacial score (nSPS) is 13.7. The Kier molecular flexibility index (Phi) is 12.5. The molecule has 0 spiro atoms. The Balaban J connectivity index is 2.70. The highest BCUT2D eigenvalue weighted by Crippen LogP contribution is 2.12. The van der Waals surface area contributed by atoms with Gasteiger partial charge >= 0.3 is 11.9 Å². The van der Waals surface area contributed by atoms with E-state index in [1.807, 2.05) is 19.9 Å². The van der Waals surface area contributed by atoms with Gasteiger partial charge in [0.05, 0.1) is 12.4 Å². The van der Waals surface area contributed by atoms with Crippen LogP contribution in [-0.2, 0) is 30.3 Å². The van der Waals surface area contributed by atoms with Crippen molar-refractivity contribution in [2.24, 2.45) is 5.92 Å². The first kappa shape index (κ1) is 27.5. The van der Waals surface area contributed by atoms with Gasteiger partial charge in [-0.25, -0.2) is 4.79 Å². The van der Waals surface area contributed by atoms with Crippen LogP contribution >= 0.6 is 12.6 Å². The van der Waals surface area contributed by atoms with E-state index in [1.54, 1.807) is 24.3 Å². The zero-order valence-electron chi connectivity index (χ0n) is 18.9. The highest BCUT2D eigenvalue weighted by atomic mass is 32.1. The molecule has 9 heteroatoms. The van der Waals surface area contributed by atoms with Gasteiger partial charge in [-0.1, -0.05) is 50.6 Å². The first-order valence-electron chi connectivity index (χ1n) is 10.8. The van der Waals surface area contributed by atoms with E-state index in [-0.39, 0.29) is 24.7 Å². The van der Waals surface area contributed by atoms with E-state index in [0.29, 0.717) is 25.7 Å². The fourth-order valence-corrected chi connectivity index (χ4v) is 3.39. The number of nitrogens with one attached hydrogen (secondary N) is 2. The number of ether oxygens (including phenoxy) is 1. The lowest BCUT2D eigenvalue weighted by atomic mass is 10.0. The number of methoxy groups -OCH3 is 1. The predicted molar refractivity (Wildman–Crippen MR) is 124 cm³/mol. The minimum atomic E-state index is -1.14. The van der Waals surface area contributed by atoms with E-state index < -0.39 is 35.1 Å². The highest BCUT2D eigenvalue weighted by molar-refractivity contribution is 7.81. The van der Waals surface area contributed by atoms with E-state index in [1.165, 1.54) is 7.11 Å². The van der Waals surface area contributed by atoms with Gasteiger partial charge < -0.3 is 20.5 Å². The molecule has 1 unspecified atom stereocenters. The fourth-order valence-electron chi connectivity index (χ4n) is 3.13. The van der Waals surface area contributed by atoms with Crippen molar-refractivity contribution < 1.29 is 29.0 Å². The topological polar surface area (TPSA) is 122 Å². The Morgan fingerprint density at radius 2 is 1.62 bits per heavy atom. The number of carboxylic acids is 1. The number of amides is 2. The Morgan fingerprint density at radius 1 is 1.00 bits per heavy atom. The number of hydrogen-bond acceptors (Lipinski definition) is 6. The van der Waals surface area contributed by atoms with Gasteiger partial charge in [-0.3, -0.25) is 14.4 Å². The Labute approximate surface area is 194 Å². The zero-order valence-corrected chi connectivity index (χ0v) is 19.8. The Morgan fingerprint density at radius 3 is 2.19 bits per heavy atom. The molecular weight excluding hydrogens is 432 g/mol. The molecule has 1 aromatic carbocycles. The smallest absolute Gasteiger partial charge is 0.326 e. The van der Waals surface area contributed by atoms with Gasteiger partial charge in [0.2, 0.25) is 11.8 Å². The van der Waals surface area contributed by atoms with Crippen molar-refractivity contribution in [2.75, 3.05) is 7.11 Å². The summed E-state index contributed by atoms with van der Waals surface area (Å²) in [5, 5.41) is 14.2. The van der Waals surface area contributed by atoms with E-state index in [2.05, 4.69) is 28.0 Å². The van der Waals surface area contributed by atoms with Crippen LogP contribution in [-0.4, -0.2) is 53.3 Å². The van der Waals surface area contributed by atoms with Gasteiger partial charge in [-0.15, -0.1) is 0 Å². The van der Waals surface area contributed by atoms with Crippen LogP contribution in [0.1, 0.15) is 51.5 Å². The summed E-state index contributed by atoms with van der Waals surface area (Å²) in [6.07, 6.45) is 2.39. The SMILES string of the molecule is COC(=O)CCCCC(S)C(=O)N[C@@H](CC(C)C)C(=O)N[C@@H](Cc1ccccc1)C(=O)O. The van der Waals surface area contributed by atoms with Gasteiger partial charge in [-0.05, 0) is 30.7 Å². The minimum absolute atomic E-state index is 0.0990. The summed E-state index contributed by atoms with van der Waals surface area (Å²) in [5.74, 6) is -2.29. The number of benzene rings is 1. The van der Waals surface area contributed by atoms with Crippen LogP contribution in [0.25, 0.3) is 0 Å². The quantitative estimate of drug-likeness (QED) is 0.190. The molecule has 0 aliphatic rings. The Hall–Kier alpha value is -2.55. The van der Waals surface area contributed by atoms with Crippen LogP contribution in [0.2, 0.25) is 0 Å². The molecule has 2 amide bonds. The van der Waals surface area contributed by atoms with E-state index in [4.69, 9.17) is 0 Å². The van der Waals surface area contributed by atoms with Crippen molar-refractivity contribution in [1.29, 1.82) is 0 Å². The summed E-state index contributed by atoms with van der Waals surface area (Å²) in [7, 11) is 1.33. The van der Waals surface area contributed by atoms with E-state index in [0.717, 1.165) is 5.56 Å². The third-order valence-electron chi connectivity index (χ3n) is 4.88. The summed E-state index contributed by atoms with van der Waals surface area (Å²) < 4.78 is 4.58. The first-order chi connectivity index (χ1) is 15.1. The monoisotopic (exact) mass is 466 g/mol. The molecule has 0 radical (unpaired) electrons. The number of rotatable bonds is 14. The minimum Gasteiger partial charge on any atom is -0.480 e. The molecule has 0 fully saturated rings. The predicted octanol–water partition coefficient (Wildman–Crippen LogP) is 2.36. The first-order valence-corrected chi connectivity index (χ1v) is 11.3. The number of unbranched alkanes of at least 4 members (excludes halogenated alkanes) is 1. The zero-order chi connectivity index (χ0) is 24.1. The van der Waals surface area contributed by atoms with E-state index >= 15 is 0 Å². The number of esters is 1. The maximum atomic E-state index is 12.8. The molecule has 0 heterocycles. The second-order valence-corrected chi connectivity index (χ2v) is 8.74. The lowest BCUT2D eigenvalue weighted by Crippen LogP contribution is -2.53. The van der Waals surface area contributed by atoms with Gasteiger partial charge in [-0.2, -0.15) is 12.6 Å². The lowest BCUT2D eigenvalue weighted by molar-refractivity contribution is -0.142. The van der Waals surface area contributed by atoms with Crippen LogP contribution in [0, 0.1) is 5.92 Å². The molecule has 0 aromatic heterocycles. The van der Waals surface area contributed by atoms with Crippen molar-refractivity contribution in [3.05, 3.63) is 35.9 Å². The standard InChI is InChI=1S/C23H34N2O6S/c1-15(2)13-17(24-22(28)19(32)11-7-8-12-20(26)31-3)21(27)25-18(23(29)30)14-16-9-5-4-6-10-16/h4-6,9-10,15,17-19,32H,7-8,11-14H2,1-3H3,(H,24,28)(H,25,27)(H,29,30)/t17-,18-,19?/m0/s1. The van der Waals surface area contributed by atoms with Crippen molar-refractivity contribution >= 4 is 36.4 Å². The lowest BCUT2D eigenvalue weighted by Gasteiger charge is -2.24. The van der Waals surface area contributed by atoms with Gasteiger partial charge in [0.1, 0.15) is 12.1 Å². The van der Waals surface area contributed by atoms with E-state index in [9.17, 15) is 24.3 Å². The van der Waals surface area contributed by atoms with Crippen LogP contribution in [0.3, 0.4) is 0 Å². The summed E-state index contributed by atoms with van der Waals surface area (Å²) >= 11 is 4.32. The number of carbonyl (C=O) groups is 4. The second-order valence-electron chi connectivity index (χ2n) is 8.12. The van der Waals surface area contributed by atoms with Crippen LogP contribution in [0.15, 0.2) is 30.3 Å². The van der Waals surface area contributed by atoms with Crippen LogP contribution in [0.4, 0.5) is 0 Å². The molecule has 32 heavy (non-hydrogen) atoms. The molecule has 0 aliphatic carbocycles. The molecule has 1 rings (SSSR count). The van der Waals surface area contributed by atoms with Crippen molar-refractivity contribution in [3.63, 3.8) is 0 Å². The maximum Gasteiger partial charge on any atom is 0.326 e. The van der Waals surface area contributed by atoms with Gasteiger partial charge in [0.25, 0.3) is 0 Å². The molecular formula is C23H34N2O6S. The number of carbonyl (C=O) groups excluding carboxylic acids is 3. The third kappa shape index (κ3) is 10.7. The Bertz CT molecular complexity index is 756. The third-order valence-corrected chi connectivity index (χ3v) is 5.37. The summed E-state index contributed by atoms with van der Waals surface area (Å²) in [6, 6.07) is 7.04. The average Bonchev–Trinajstić information content (AvgIpc) is 2.75. The number of carboxylic acid groups (broad SMARTS) is 1. The molecule has 3 N–H and O–H groups in total. The molecule has 1 aromatic rings. The van der Waals surface area contributed by atoms with Crippen molar-refractivity contribution in [2.45, 2.75) is 69.7 Å². The largest absolute Gasteiger partial charge is 0.480 e. The molecule has 0 saturated heterocycles. The van der Waals surface area contributed by atoms with Crippen LogP contribution in [0.5, 0.6) is 0 Å². The maximum absolute atomic E-state index is 12.8. The summed E-state index contributed by atoms with van der Waals surface area (Å²) in [4.78, 5) is 48.2. The number of thiol groups is 1. The van der Waals surface area contributed by atoms with Crippen molar-refractivity contribution in [1.82, 2.24) is 10.6 Å². The fraction of sp³-hybridized carbons (Fsp3) is 0.565. The number of hydrogen-bond donors (Lipinski definition) is 4. The number of aliphatic carboxylic acids is 1. The molecule has 8 nitrogen and oxygen atoms in total. The van der Waals surface area contributed by atoms with Crippen molar-refractivity contribution in [3.8, 4) is 0 Å². The summed E-state index contributed by atoms with van der Waals surface area (Å²) in [6.45, 7) is 3.83. The average molecular weight is 467 g/mol. The highest BCUT2D eigenvalue weighted by Gasteiger charge is 2.28. The molecule has 0 aliphatic heterocycles. The summed E-state index contributed by atoms with van der Waals surface area (Å²) in [5.41, 5.74) is 0.784. The van der Waals surface area contributed by atoms with Gasteiger partial charge in [0.15, 0.2) is 0 Å². The molecule has 0 saturated carbocycles. The molecule has 0 bridgehead atoms. The van der Waals surface area contributed by atoms with Crippen LogP contribution < -0.4 is 10.6 Å².